The highest BCUT2D eigenvalue weighted by Crippen LogP contribution is 2.30. The molecule has 0 aromatic heterocycles. The van der Waals surface area contributed by atoms with Crippen LogP contribution in [0.15, 0.2) is 18.2 Å². The van der Waals surface area contributed by atoms with Gasteiger partial charge < -0.3 is 10.2 Å². The number of benzene rings is 1. The minimum absolute atomic E-state index is 0.000931. The molecule has 0 heterocycles. The maximum atomic E-state index is 12.0. The molecule has 116 valence electrons. The summed E-state index contributed by atoms with van der Waals surface area (Å²) < 4.78 is 0. The van der Waals surface area contributed by atoms with E-state index in [1.165, 1.54) is 25.7 Å². The minimum atomic E-state index is 0.000931. The van der Waals surface area contributed by atoms with Crippen molar-refractivity contribution in [1.29, 1.82) is 0 Å². The average molecular weight is 309 g/mol. The molecule has 0 saturated heterocycles. The van der Waals surface area contributed by atoms with Crippen LogP contribution in [0.1, 0.15) is 43.0 Å². The van der Waals surface area contributed by atoms with Crippen LogP contribution in [0.5, 0.6) is 0 Å². The zero-order valence-electron chi connectivity index (χ0n) is 13.2. The molecule has 1 fully saturated rings. The summed E-state index contributed by atoms with van der Waals surface area (Å²) >= 11 is 6.24. The van der Waals surface area contributed by atoms with E-state index in [1.807, 2.05) is 6.07 Å². The predicted molar refractivity (Wildman–Crippen MR) is 89.1 cm³/mol. The normalized spacial score (nSPS) is 21.9. The summed E-state index contributed by atoms with van der Waals surface area (Å²) in [6.07, 6.45) is 5.23. The molecule has 3 nitrogen and oxygen atoms in total. The number of hydrogen-bond donors (Lipinski definition) is 1. The number of rotatable bonds is 4. The Kier molecular flexibility index (Phi) is 5.51. The van der Waals surface area contributed by atoms with Gasteiger partial charge in [-0.1, -0.05) is 31.4 Å². The Morgan fingerprint density at radius 1 is 1.38 bits per heavy atom. The van der Waals surface area contributed by atoms with E-state index >= 15 is 0 Å². The molecule has 2 rings (SSSR count). The van der Waals surface area contributed by atoms with Crippen molar-refractivity contribution in [3.8, 4) is 0 Å². The van der Waals surface area contributed by atoms with Gasteiger partial charge in [0.05, 0.1) is 10.7 Å². The Bertz CT molecular complexity index is 502. The molecular formula is C17H25ClN2O. The molecule has 1 amide bonds. The van der Waals surface area contributed by atoms with Gasteiger partial charge in [-0.25, -0.2) is 0 Å². The fraction of sp³-hybridized carbons (Fsp3) is 0.588. The van der Waals surface area contributed by atoms with Crippen LogP contribution in [0, 0.1) is 11.8 Å². The van der Waals surface area contributed by atoms with E-state index in [4.69, 9.17) is 11.6 Å². The summed E-state index contributed by atoms with van der Waals surface area (Å²) in [6.45, 7) is 3.26. The van der Waals surface area contributed by atoms with E-state index in [0.717, 1.165) is 18.2 Å². The van der Waals surface area contributed by atoms with E-state index in [0.29, 0.717) is 16.5 Å². The van der Waals surface area contributed by atoms with Gasteiger partial charge in [-0.2, -0.15) is 0 Å². The number of nitrogens with zero attached hydrogens (tertiary/aromatic N) is 1. The lowest BCUT2D eigenvalue weighted by Gasteiger charge is -2.27. The number of anilines is 1. The zero-order valence-corrected chi connectivity index (χ0v) is 13.9. The molecule has 1 aromatic carbocycles. The smallest absolute Gasteiger partial charge is 0.253 e. The number of hydrogen-bond acceptors (Lipinski definition) is 2. The zero-order chi connectivity index (χ0) is 15.4. The molecule has 2 unspecified atom stereocenters. The van der Waals surface area contributed by atoms with Crippen molar-refractivity contribution in [3.05, 3.63) is 28.8 Å². The van der Waals surface area contributed by atoms with Crippen molar-refractivity contribution in [2.24, 2.45) is 11.8 Å². The van der Waals surface area contributed by atoms with E-state index in [9.17, 15) is 4.79 Å². The Balaban J connectivity index is 2.02. The SMILES string of the molecule is CC1CCCC(CNc2cc(C(=O)N(C)C)ccc2Cl)C1. The summed E-state index contributed by atoms with van der Waals surface area (Å²) in [5, 5.41) is 4.11. The Hall–Kier alpha value is -1.22. The van der Waals surface area contributed by atoms with Crippen molar-refractivity contribution in [2.45, 2.75) is 32.6 Å². The molecule has 1 aliphatic carbocycles. The standard InChI is InChI=1S/C17H25ClN2O/c1-12-5-4-6-13(9-12)11-19-16-10-14(7-8-15(16)18)17(21)20(2)3/h7-8,10,12-13,19H,4-6,9,11H2,1-3H3. The molecule has 21 heavy (non-hydrogen) atoms. The fourth-order valence-corrected chi connectivity index (χ4v) is 3.24. The molecule has 0 radical (unpaired) electrons. The number of halogens is 1. The third-order valence-electron chi connectivity index (χ3n) is 4.25. The van der Waals surface area contributed by atoms with Crippen molar-refractivity contribution in [3.63, 3.8) is 0 Å². The van der Waals surface area contributed by atoms with Gasteiger partial charge in [0.25, 0.3) is 5.91 Å². The van der Waals surface area contributed by atoms with Gasteiger partial charge in [0, 0.05) is 26.2 Å². The van der Waals surface area contributed by atoms with Gasteiger partial charge in [-0.15, -0.1) is 0 Å². The van der Waals surface area contributed by atoms with Crippen LogP contribution in [0.2, 0.25) is 5.02 Å². The summed E-state index contributed by atoms with van der Waals surface area (Å²) in [6, 6.07) is 5.43. The number of carbonyl (C=O) groups excluding carboxylic acids is 1. The first kappa shape index (κ1) is 16.2. The van der Waals surface area contributed by atoms with Crippen LogP contribution < -0.4 is 5.32 Å². The molecule has 2 atom stereocenters. The lowest BCUT2D eigenvalue weighted by Crippen LogP contribution is -2.23. The highest BCUT2D eigenvalue weighted by molar-refractivity contribution is 6.33. The Morgan fingerprint density at radius 3 is 2.81 bits per heavy atom. The topological polar surface area (TPSA) is 32.3 Å². The third-order valence-corrected chi connectivity index (χ3v) is 4.58. The molecule has 1 saturated carbocycles. The fourth-order valence-electron chi connectivity index (χ4n) is 3.05. The summed E-state index contributed by atoms with van der Waals surface area (Å²) in [7, 11) is 3.51. The van der Waals surface area contributed by atoms with E-state index in [1.54, 1.807) is 31.1 Å². The molecule has 1 N–H and O–H groups in total. The highest BCUT2D eigenvalue weighted by Gasteiger charge is 2.19. The summed E-state index contributed by atoms with van der Waals surface area (Å²) in [5.41, 5.74) is 1.53. The first-order chi connectivity index (χ1) is 9.97. The third kappa shape index (κ3) is 4.37. The predicted octanol–water partition coefficient (Wildman–Crippen LogP) is 4.28. The molecule has 0 aliphatic heterocycles. The van der Waals surface area contributed by atoms with Crippen molar-refractivity contribution >= 4 is 23.2 Å². The molecular weight excluding hydrogens is 284 g/mol. The summed E-state index contributed by atoms with van der Waals surface area (Å²) in [5.74, 6) is 1.53. The Morgan fingerprint density at radius 2 is 2.14 bits per heavy atom. The highest BCUT2D eigenvalue weighted by atomic mass is 35.5. The van der Waals surface area contributed by atoms with Gasteiger partial charge >= 0.3 is 0 Å². The van der Waals surface area contributed by atoms with Gasteiger partial charge in [0.15, 0.2) is 0 Å². The maximum absolute atomic E-state index is 12.0. The van der Waals surface area contributed by atoms with Crippen LogP contribution in [0.25, 0.3) is 0 Å². The number of carbonyl (C=O) groups is 1. The van der Waals surface area contributed by atoms with Gasteiger partial charge in [-0.05, 0) is 42.9 Å². The van der Waals surface area contributed by atoms with Crippen LogP contribution in [0.4, 0.5) is 5.69 Å². The van der Waals surface area contributed by atoms with Crippen LogP contribution in [-0.4, -0.2) is 31.4 Å². The van der Waals surface area contributed by atoms with Gasteiger partial charge in [-0.3, -0.25) is 4.79 Å². The second kappa shape index (κ2) is 7.17. The monoisotopic (exact) mass is 308 g/mol. The number of nitrogens with one attached hydrogen (secondary N) is 1. The molecule has 1 aliphatic rings. The summed E-state index contributed by atoms with van der Waals surface area (Å²) in [4.78, 5) is 13.6. The number of amides is 1. The van der Waals surface area contributed by atoms with Crippen LogP contribution in [0.3, 0.4) is 0 Å². The second-order valence-electron chi connectivity index (χ2n) is 6.41. The Labute approximate surface area is 132 Å². The first-order valence-corrected chi connectivity index (χ1v) is 8.10. The lowest BCUT2D eigenvalue weighted by atomic mass is 9.82. The largest absolute Gasteiger partial charge is 0.384 e. The molecule has 4 heteroatoms. The average Bonchev–Trinajstić information content (AvgIpc) is 2.45. The van der Waals surface area contributed by atoms with Crippen molar-refractivity contribution in [1.82, 2.24) is 4.90 Å². The van der Waals surface area contributed by atoms with Crippen molar-refractivity contribution in [2.75, 3.05) is 26.0 Å². The van der Waals surface area contributed by atoms with E-state index in [-0.39, 0.29) is 5.91 Å². The van der Waals surface area contributed by atoms with Crippen LogP contribution >= 0.6 is 11.6 Å². The van der Waals surface area contributed by atoms with Gasteiger partial charge in [0.1, 0.15) is 0 Å². The van der Waals surface area contributed by atoms with Crippen LogP contribution in [-0.2, 0) is 0 Å². The molecule has 0 spiro atoms. The van der Waals surface area contributed by atoms with Crippen molar-refractivity contribution < 1.29 is 4.79 Å². The maximum Gasteiger partial charge on any atom is 0.253 e. The van der Waals surface area contributed by atoms with E-state index in [2.05, 4.69) is 12.2 Å². The molecule has 0 bridgehead atoms. The minimum Gasteiger partial charge on any atom is -0.384 e. The van der Waals surface area contributed by atoms with Gasteiger partial charge in [0.2, 0.25) is 0 Å². The molecule has 1 aromatic rings. The second-order valence-corrected chi connectivity index (χ2v) is 6.82. The lowest BCUT2D eigenvalue weighted by molar-refractivity contribution is 0.0827. The quantitative estimate of drug-likeness (QED) is 0.900. The van der Waals surface area contributed by atoms with E-state index < -0.39 is 0 Å². The first-order valence-electron chi connectivity index (χ1n) is 7.72.